The fraction of sp³-hybridized carbons (Fsp3) is 0.348. The van der Waals surface area contributed by atoms with E-state index in [0.29, 0.717) is 11.4 Å². The van der Waals surface area contributed by atoms with Crippen LogP contribution in [-0.4, -0.2) is 59.3 Å². The van der Waals surface area contributed by atoms with Crippen LogP contribution in [0.5, 0.6) is 0 Å². The highest BCUT2D eigenvalue weighted by Crippen LogP contribution is 2.32. The molecular formula is C23H21N7O4. The molecule has 11 nitrogen and oxygen atoms in total. The number of hydrogen-bond donors (Lipinski definition) is 1. The minimum Gasteiger partial charge on any atom is -0.295 e. The molecule has 1 unspecified atom stereocenters. The van der Waals surface area contributed by atoms with Crippen molar-refractivity contribution < 1.29 is 19.2 Å². The molecule has 2 aliphatic heterocycles. The zero-order chi connectivity index (χ0) is 23.6. The lowest BCUT2D eigenvalue weighted by atomic mass is 9.95. The van der Waals surface area contributed by atoms with Gasteiger partial charge in [-0.1, -0.05) is 5.21 Å². The standard InChI is InChI=1S/C23H21N7O4/c1-28-20(14-4-2-3-5-16(14)26-28)17-11-29(27-25-17)12-6-7-13-15(10-12)23(34)30(22(13)33)18-8-9-19(31)24-21(18)32/h6-7,10-11,18H,2-5,8-9H2,1H3,(H,24,31,32). The number of piperidine rings is 1. The van der Waals surface area contributed by atoms with Crippen LogP contribution in [0.4, 0.5) is 0 Å². The van der Waals surface area contributed by atoms with E-state index < -0.39 is 29.7 Å². The van der Waals surface area contributed by atoms with Gasteiger partial charge in [-0.05, 0) is 50.3 Å². The van der Waals surface area contributed by atoms with Gasteiger partial charge in [0.2, 0.25) is 11.8 Å². The number of imide groups is 2. The van der Waals surface area contributed by atoms with Crippen molar-refractivity contribution in [3.63, 3.8) is 0 Å². The first kappa shape index (κ1) is 20.5. The zero-order valence-corrected chi connectivity index (χ0v) is 18.4. The van der Waals surface area contributed by atoms with Gasteiger partial charge in [-0.2, -0.15) is 5.10 Å². The number of nitrogens with one attached hydrogen (secondary N) is 1. The third-order valence-electron chi connectivity index (χ3n) is 6.74. The van der Waals surface area contributed by atoms with E-state index in [0.717, 1.165) is 42.0 Å². The normalized spacial score (nSPS) is 19.9. The maximum Gasteiger partial charge on any atom is 0.262 e. The lowest BCUT2D eigenvalue weighted by Crippen LogP contribution is -2.54. The Bertz CT molecular complexity index is 1400. The van der Waals surface area contributed by atoms with Crippen LogP contribution in [0, 0.1) is 0 Å². The first-order valence-electron chi connectivity index (χ1n) is 11.3. The molecule has 1 aliphatic carbocycles. The maximum absolute atomic E-state index is 13.1. The van der Waals surface area contributed by atoms with Crippen molar-refractivity contribution in [2.24, 2.45) is 7.05 Å². The van der Waals surface area contributed by atoms with E-state index in [9.17, 15) is 19.2 Å². The molecule has 4 heterocycles. The minimum atomic E-state index is -0.998. The van der Waals surface area contributed by atoms with Crippen molar-refractivity contribution in [1.82, 2.24) is 35.0 Å². The minimum absolute atomic E-state index is 0.0779. The Morgan fingerprint density at radius 3 is 2.62 bits per heavy atom. The van der Waals surface area contributed by atoms with Crippen LogP contribution in [0.15, 0.2) is 24.4 Å². The third kappa shape index (κ3) is 3.00. The molecular weight excluding hydrogens is 438 g/mol. The average Bonchev–Trinajstić information content (AvgIpc) is 3.49. The summed E-state index contributed by atoms with van der Waals surface area (Å²) in [5.74, 6) is -2.14. The number of hydrogen-bond acceptors (Lipinski definition) is 7. The molecule has 3 aliphatic rings. The molecule has 1 atom stereocenters. The van der Waals surface area contributed by atoms with Crippen LogP contribution in [0.25, 0.3) is 17.1 Å². The number of benzene rings is 1. The molecule has 0 spiro atoms. The van der Waals surface area contributed by atoms with Gasteiger partial charge in [0.25, 0.3) is 11.8 Å². The van der Waals surface area contributed by atoms with Crippen molar-refractivity contribution in [2.75, 3.05) is 0 Å². The molecule has 6 rings (SSSR count). The monoisotopic (exact) mass is 459 g/mol. The fourth-order valence-corrected chi connectivity index (χ4v) is 5.10. The number of rotatable bonds is 3. The highest BCUT2D eigenvalue weighted by Gasteiger charge is 2.44. The molecule has 1 aromatic carbocycles. The van der Waals surface area contributed by atoms with Gasteiger partial charge in [-0.15, -0.1) is 5.10 Å². The highest BCUT2D eigenvalue weighted by atomic mass is 16.2. The van der Waals surface area contributed by atoms with E-state index in [-0.39, 0.29) is 24.0 Å². The summed E-state index contributed by atoms with van der Waals surface area (Å²) in [5.41, 5.74) is 4.92. The SMILES string of the molecule is Cn1nc2c(c1-c1cn(-c3ccc4c(c3)C(=O)N(C3CCC(=O)NC3=O)C4=O)nn1)CCCC2. The molecule has 11 heteroatoms. The van der Waals surface area contributed by atoms with Gasteiger partial charge >= 0.3 is 0 Å². The van der Waals surface area contributed by atoms with Crippen LogP contribution < -0.4 is 5.32 Å². The number of aryl methyl sites for hydroxylation is 2. The molecule has 0 bridgehead atoms. The van der Waals surface area contributed by atoms with E-state index >= 15 is 0 Å². The molecule has 2 aromatic heterocycles. The summed E-state index contributed by atoms with van der Waals surface area (Å²) in [6.07, 6.45) is 6.14. The third-order valence-corrected chi connectivity index (χ3v) is 6.74. The van der Waals surface area contributed by atoms with Gasteiger partial charge in [-0.3, -0.25) is 34.1 Å². The second-order valence-electron chi connectivity index (χ2n) is 8.83. The van der Waals surface area contributed by atoms with Crippen LogP contribution in [0.2, 0.25) is 0 Å². The zero-order valence-electron chi connectivity index (χ0n) is 18.4. The second kappa shape index (κ2) is 7.44. The predicted molar refractivity (Wildman–Crippen MR) is 117 cm³/mol. The van der Waals surface area contributed by atoms with Crippen molar-refractivity contribution in [1.29, 1.82) is 0 Å². The van der Waals surface area contributed by atoms with Crippen molar-refractivity contribution in [3.05, 3.63) is 46.8 Å². The average molecular weight is 459 g/mol. The smallest absolute Gasteiger partial charge is 0.262 e. The van der Waals surface area contributed by atoms with E-state index in [2.05, 4.69) is 20.7 Å². The first-order chi connectivity index (χ1) is 16.4. The quantitative estimate of drug-likeness (QED) is 0.577. The van der Waals surface area contributed by atoms with Crippen LogP contribution >= 0.6 is 0 Å². The van der Waals surface area contributed by atoms with Crippen LogP contribution in [0.1, 0.15) is 57.7 Å². The maximum atomic E-state index is 13.1. The highest BCUT2D eigenvalue weighted by molar-refractivity contribution is 6.23. The Labute approximate surface area is 193 Å². The molecule has 0 radical (unpaired) electrons. The van der Waals surface area contributed by atoms with Gasteiger partial charge in [0.15, 0.2) is 0 Å². The number of carbonyl (C=O) groups is 4. The number of carbonyl (C=O) groups excluding carboxylic acids is 4. The largest absolute Gasteiger partial charge is 0.295 e. The number of aromatic nitrogens is 5. The van der Waals surface area contributed by atoms with Gasteiger partial charge in [0.1, 0.15) is 11.7 Å². The molecule has 3 aromatic rings. The number of amides is 4. The summed E-state index contributed by atoms with van der Waals surface area (Å²) in [5, 5.41) is 15.4. The number of nitrogens with zero attached hydrogens (tertiary/aromatic N) is 6. The van der Waals surface area contributed by atoms with E-state index in [1.165, 1.54) is 5.56 Å². The summed E-state index contributed by atoms with van der Waals surface area (Å²) < 4.78 is 3.40. The lowest BCUT2D eigenvalue weighted by Gasteiger charge is -2.27. The molecule has 1 fully saturated rings. The Balaban J connectivity index is 1.32. The fourth-order valence-electron chi connectivity index (χ4n) is 5.10. The summed E-state index contributed by atoms with van der Waals surface area (Å²) in [6.45, 7) is 0. The van der Waals surface area contributed by atoms with Crippen LogP contribution in [-0.2, 0) is 29.5 Å². The Morgan fingerprint density at radius 2 is 1.79 bits per heavy atom. The van der Waals surface area contributed by atoms with Crippen molar-refractivity contribution >= 4 is 23.6 Å². The summed E-state index contributed by atoms with van der Waals surface area (Å²) >= 11 is 0. The topological polar surface area (TPSA) is 132 Å². The molecule has 172 valence electrons. The Kier molecular flexibility index (Phi) is 4.48. The van der Waals surface area contributed by atoms with Gasteiger partial charge in [-0.25, -0.2) is 4.68 Å². The summed E-state index contributed by atoms with van der Waals surface area (Å²) in [4.78, 5) is 50.7. The second-order valence-corrected chi connectivity index (χ2v) is 8.83. The Morgan fingerprint density at radius 1 is 1.00 bits per heavy atom. The van der Waals surface area contributed by atoms with Gasteiger partial charge in [0.05, 0.1) is 34.4 Å². The Hall–Kier alpha value is -4.15. The van der Waals surface area contributed by atoms with Crippen LogP contribution in [0.3, 0.4) is 0 Å². The molecule has 1 N–H and O–H groups in total. The molecule has 1 saturated heterocycles. The van der Waals surface area contributed by atoms with Crippen molar-refractivity contribution in [2.45, 2.75) is 44.6 Å². The first-order valence-corrected chi connectivity index (χ1v) is 11.3. The van der Waals surface area contributed by atoms with E-state index in [1.807, 2.05) is 11.7 Å². The molecule has 34 heavy (non-hydrogen) atoms. The lowest BCUT2D eigenvalue weighted by molar-refractivity contribution is -0.136. The van der Waals surface area contributed by atoms with Gasteiger partial charge in [0, 0.05) is 19.0 Å². The molecule has 4 amide bonds. The summed E-state index contributed by atoms with van der Waals surface area (Å²) in [7, 11) is 1.90. The van der Waals surface area contributed by atoms with Gasteiger partial charge < -0.3 is 0 Å². The summed E-state index contributed by atoms with van der Waals surface area (Å²) in [6, 6.07) is 3.83. The molecule has 0 saturated carbocycles. The van der Waals surface area contributed by atoms with E-state index in [1.54, 1.807) is 29.1 Å². The predicted octanol–water partition coefficient (Wildman–Crippen LogP) is 0.948. The van der Waals surface area contributed by atoms with E-state index in [4.69, 9.17) is 0 Å². The number of fused-ring (bicyclic) bond motifs is 2. The van der Waals surface area contributed by atoms with Crippen molar-refractivity contribution in [3.8, 4) is 17.1 Å².